The molecule has 1 aliphatic heterocycles. The summed E-state index contributed by atoms with van der Waals surface area (Å²) in [6, 6.07) is 7.06. The van der Waals surface area contributed by atoms with Gasteiger partial charge < -0.3 is 9.64 Å². The van der Waals surface area contributed by atoms with Gasteiger partial charge in [0, 0.05) is 18.3 Å². The van der Waals surface area contributed by atoms with E-state index in [1.807, 2.05) is 31.2 Å². The minimum Gasteiger partial charge on any atom is -0.494 e. The van der Waals surface area contributed by atoms with Crippen molar-refractivity contribution in [1.29, 1.82) is 0 Å². The molecule has 0 N–H and O–H groups in total. The summed E-state index contributed by atoms with van der Waals surface area (Å²) in [6.45, 7) is 4.98. The number of hydrogen-bond acceptors (Lipinski definition) is 7. The highest BCUT2D eigenvalue weighted by atomic mass is 35.5. The van der Waals surface area contributed by atoms with Crippen molar-refractivity contribution in [3.63, 3.8) is 0 Å². The van der Waals surface area contributed by atoms with Gasteiger partial charge in [-0.05, 0) is 37.0 Å². The van der Waals surface area contributed by atoms with Crippen LogP contribution in [0.1, 0.15) is 49.2 Å². The molecule has 2 aromatic rings. The molecule has 1 aliphatic rings. The number of ether oxygens (including phenoxy) is 1. The van der Waals surface area contributed by atoms with Crippen molar-refractivity contribution in [3.8, 4) is 5.75 Å². The number of aromatic nitrogens is 2. The zero-order valence-electron chi connectivity index (χ0n) is 18.3. The maximum atomic E-state index is 13.5. The molecule has 7 nitrogen and oxygen atoms in total. The van der Waals surface area contributed by atoms with E-state index in [0.29, 0.717) is 18.2 Å². The first-order chi connectivity index (χ1) is 15.3. The second-order valence-corrected chi connectivity index (χ2v) is 11.4. The number of carbonyl (C=O) groups is 1. The largest absolute Gasteiger partial charge is 0.494 e. The van der Waals surface area contributed by atoms with Crippen LogP contribution >= 0.6 is 23.4 Å². The highest BCUT2D eigenvalue weighted by molar-refractivity contribution is 7.99. The van der Waals surface area contributed by atoms with E-state index in [9.17, 15) is 13.2 Å². The van der Waals surface area contributed by atoms with Crippen LogP contribution in [-0.4, -0.2) is 59.1 Å². The highest BCUT2D eigenvalue weighted by Crippen LogP contribution is 2.26. The molecule has 1 fully saturated rings. The van der Waals surface area contributed by atoms with E-state index >= 15 is 0 Å². The Kier molecular flexibility index (Phi) is 8.79. The van der Waals surface area contributed by atoms with Crippen molar-refractivity contribution in [2.24, 2.45) is 0 Å². The predicted octanol–water partition coefficient (Wildman–Crippen LogP) is 4.25. The van der Waals surface area contributed by atoms with Gasteiger partial charge in [0.15, 0.2) is 20.7 Å². The van der Waals surface area contributed by atoms with Crippen LogP contribution in [0.15, 0.2) is 35.6 Å². The lowest BCUT2D eigenvalue weighted by Gasteiger charge is -2.28. The van der Waals surface area contributed by atoms with E-state index in [0.717, 1.165) is 29.9 Å². The van der Waals surface area contributed by atoms with Crippen LogP contribution in [0.2, 0.25) is 5.02 Å². The Morgan fingerprint density at radius 3 is 2.62 bits per heavy atom. The maximum Gasteiger partial charge on any atom is 0.274 e. The number of carbonyl (C=O) groups excluding carboxylic acids is 1. The average Bonchev–Trinajstić information content (AvgIpc) is 3.15. The fourth-order valence-electron chi connectivity index (χ4n) is 3.40. The lowest BCUT2D eigenvalue weighted by molar-refractivity contribution is 0.0674. The third kappa shape index (κ3) is 6.59. The normalized spacial score (nSPS) is 17.3. The minimum atomic E-state index is -3.18. The Morgan fingerprint density at radius 1 is 1.25 bits per heavy atom. The van der Waals surface area contributed by atoms with Gasteiger partial charge in [-0.3, -0.25) is 4.79 Å². The summed E-state index contributed by atoms with van der Waals surface area (Å²) in [7, 11) is -3.18. The summed E-state index contributed by atoms with van der Waals surface area (Å²) in [4.78, 5) is 23.7. The Bertz CT molecular complexity index is 1030. The predicted molar refractivity (Wildman–Crippen MR) is 127 cm³/mol. The van der Waals surface area contributed by atoms with Crippen molar-refractivity contribution in [2.45, 2.75) is 50.9 Å². The molecule has 10 heteroatoms. The molecule has 1 atom stereocenters. The molecule has 1 saturated heterocycles. The van der Waals surface area contributed by atoms with Crippen molar-refractivity contribution < 1.29 is 17.9 Å². The summed E-state index contributed by atoms with van der Waals surface area (Å²) in [6.07, 6.45) is 3.69. The molecule has 2 heterocycles. The SMILES string of the molecule is CCCOc1ccc(CN(C(=O)c2nc(SCCC)ncc2Cl)[C@@H]2CCS(=O)(=O)C2)cc1. The molecule has 1 aromatic carbocycles. The van der Waals surface area contributed by atoms with E-state index in [-0.39, 0.29) is 34.7 Å². The van der Waals surface area contributed by atoms with Gasteiger partial charge in [-0.2, -0.15) is 0 Å². The van der Waals surface area contributed by atoms with Crippen LogP contribution in [-0.2, 0) is 16.4 Å². The maximum absolute atomic E-state index is 13.5. The molecule has 0 unspecified atom stereocenters. The van der Waals surface area contributed by atoms with Crippen molar-refractivity contribution in [3.05, 3.63) is 46.7 Å². The van der Waals surface area contributed by atoms with Crippen LogP contribution in [0.4, 0.5) is 0 Å². The summed E-state index contributed by atoms with van der Waals surface area (Å²) in [5, 5.41) is 0.640. The molecule has 3 rings (SSSR count). The molecule has 1 aromatic heterocycles. The molecule has 174 valence electrons. The first kappa shape index (κ1) is 24.8. The zero-order valence-corrected chi connectivity index (χ0v) is 20.7. The van der Waals surface area contributed by atoms with Gasteiger partial charge in [-0.25, -0.2) is 18.4 Å². The third-order valence-corrected chi connectivity index (χ3v) is 8.11. The van der Waals surface area contributed by atoms with Crippen LogP contribution in [0.25, 0.3) is 0 Å². The smallest absolute Gasteiger partial charge is 0.274 e. The Hall–Kier alpha value is -1.84. The first-order valence-corrected chi connectivity index (χ1v) is 13.9. The van der Waals surface area contributed by atoms with E-state index in [1.54, 1.807) is 4.90 Å². The van der Waals surface area contributed by atoms with Gasteiger partial charge in [0.2, 0.25) is 0 Å². The number of hydrogen-bond donors (Lipinski definition) is 0. The second kappa shape index (κ2) is 11.3. The topological polar surface area (TPSA) is 89.5 Å². The highest BCUT2D eigenvalue weighted by Gasteiger charge is 2.36. The van der Waals surface area contributed by atoms with Gasteiger partial charge in [-0.15, -0.1) is 0 Å². The number of sulfone groups is 1. The van der Waals surface area contributed by atoms with Gasteiger partial charge in [0.05, 0.1) is 29.3 Å². The zero-order chi connectivity index (χ0) is 23.1. The van der Waals surface area contributed by atoms with Crippen LogP contribution in [0.3, 0.4) is 0 Å². The number of halogens is 1. The number of nitrogens with zero attached hydrogens (tertiary/aromatic N) is 3. The van der Waals surface area contributed by atoms with Crippen molar-refractivity contribution in [2.75, 3.05) is 23.9 Å². The quantitative estimate of drug-likeness (QED) is 0.358. The van der Waals surface area contributed by atoms with Gasteiger partial charge in [-0.1, -0.05) is 49.3 Å². The van der Waals surface area contributed by atoms with E-state index in [2.05, 4.69) is 16.9 Å². The molecule has 0 aliphatic carbocycles. The molecule has 0 radical (unpaired) electrons. The third-order valence-electron chi connectivity index (χ3n) is 5.02. The van der Waals surface area contributed by atoms with Crippen molar-refractivity contribution >= 4 is 39.1 Å². The van der Waals surface area contributed by atoms with Crippen LogP contribution in [0, 0.1) is 0 Å². The molecule has 0 spiro atoms. The number of amides is 1. The number of benzene rings is 1. The molecular weight excluding hydrogens is 470 g/mol. The average molecular weight is 498 g/mol. The number of rotatable bonds is 10. The number of thioether (sulfide) groups is 1. The molecule has 1 amide bonds. The molecule has 0 saturated carbocycles. The molecular formula is C22H28ClN3O4S2. The monoisotopic (exact) mass is 497 g/mol. The minimum absolute atomic E-state index is 0.0589. The molecule has 0 bridgehead atoms. The Balaban J connectivity index is 1.87. The summed E-state index contributed by atoms with van der Waals surface area (Å²) >= 11 is 7.74. The molecule has 32 heavy (non-hydrogen) atoms. The fraction of sp³-hybridized carbons (Fsp3) is 0.500. The van der Waals surface area contributed by atoms with Crippen molar-refractivity contribution in [1.82, 2.24) is 14.9 Å². The first-order valence-electron chi connectivity index (χ1n) is 10.7. The lowest BCUT2D eigenvalue weighted by atomic mass is 10.1. The van der Waals surface area contributed by atoms with Crippen LogP contribution in [0.5, 0.6) is 5.75 Å². The summed E-state index contributed by atoms with van der Waals surface area (Å²) in [5.41, 5.74) is 0.977. The second-order valence-electron chi connectivity index (χ2n) is 7.68. The lowest BCUT2D eigenvalue weighted by Crippen LogP contribution is -2.41. The van der Waals surface area contributed by atoms with Gasteiger partial charge in [0.25, 0.3) is 5.91 Å². The van der Waals surface area contributed by atoms with E-state index in [1.165, 1.54) is 18.0 Å². The van der Waals surface area contributed by atoms with Gasteiger partial charge in [0.1, 0.15) is 5.75 Å². The van der Waals surface area contributed by atoms with Gasteiger partial charge >= 0.3 is 0 Å². The van der Waals surface area contributed by atoms with E-state index < -0.39 is 15.9 Å². The summed E-state index contributed by atoms with van der Waals surface area (Å²) < 4.78 is 29.9. The summed E-state index contributed by atoms with van der Waals surface area (Å²) in [5.74, 6) is 1.21. The fourth-order valence-corrected chi connectivity index (χ4v) is 5.97. The van der Waals surface area contributed by atoms with E-state index in [4.69, 9.17) is 16.3 Å². The standard InChI is InChI=1S/C22H28ClN3O4S2/c1-3-10-30-18-7-5-16(6-8-18)14-26(17-9-12-32(28,29)15-17)21(27)20-19(23)13-24-22(25-20)31-11-4-2/h5-8,13,17H,3-4,9-12,14-15H2,1-2H3/t17-/m1/s1. The Morgan fingerprint density at radius 2 is 2.00 bits per heavy atom. The van der Waals surface area contributed by atoms with Crippen LogP contribution < -0.4 is 4.74 Å². The Labute approximate surface area is 198 Å².